The van der Waals surface area contributed by atoms with Gasteiger partial charge >= 0.3 is 6.36 Å². The number of nitrogens with zero attached hydrogens (tertiary/aromatic N) is 3. The minimum absolute atomic E-state index is 0.0980. The summed E-state index contributed by atoms with van der Waals surface area (Å²) >= 11 is 0. The Morgan fingerprint density at radius 1 is 1.10 bits per heavy atom. The molecule has 1 unspecified atom stereocenters. The molecule has 2 aromatic carbocycles. The number of anilines is 1. The summed E-state index contributed by atoms with van der Waals surface area (Å²) in [5.74, 6) is -0.303. The van der Waals surface area contributed by atoms with Gasteiger partial charge in [0, 0.05) is 24.5 Å². The van der Waals surface area contributed by atoms with Crippen molar-refractivity contribution in [2.75, 3.05) is 18.4 Å². The summed E-state index contributed by atoms with van der Waals surface area (Å²) in [7, 11) is 0. The lowest BCUT2D eigenvalue weighted by Gasteiger charge is -2.36. The van der Waals surface area contributed by atoms with Crippen molar-refractivity contribution >= 4 is 22.6 Å². The second-order valence-corrected chi connectivity index (χ2v) is 7.31. The van der Waals surface area contributed by atoms with E-state index in [-0.39, 0.29) is 11.6 Å². The summed E-state index contributed by atoms with van der Waals surface area (Å²) in [6, 6.07) is 12.8. The van der Waals surface area contributed by atoms with Crippen LogP contribution < -0.4 is 10.1 Å². The number of halogens is 3. The third kappa shape index (κ3) is 4.87. The van der Waals surface area contributed by atoms with E-state index in [2.05, 4.69) is 20.0 Å². The summed E-state index contributed by atoms with van der Waals surface area (Å²) in [5, 5.41) is 4.15. The molecule has 0 bridgehead atoms. The van der Waals surface area contributed by atoms with Crippen molar-refractivity contribution in [3.8, 4) is 5.75 Å². The molecule has 1 atom stereocenters. The number of fused-ring (bicyclic) bond motifs is 1. The zero-order valence-electron chi connectivity index (χ0n) is 16.6. The predicted molar refractivity (Wildman–Crippen MR) is 110 cm³/mol. The number of hydrogen-bond acceptors (Lipinski definition) is 5. The van der Waals surface area contributed by atoms with Crippen molar-refractivity contribution in [2.45, 2.75) is 31.7 Å². The van der Waals surface area contributed by atoms with Gasteiger partial charge in [0.1, 0.15) is 17.9 Å². The molecule has 4 rings (SSSR count). The van der Waals surface area contributed by atoms with Crippen molar-refractivity contribution in [2.24, 2.45) is 0 Å². The second-order valence-electron chi connectivity index (χ2n) is 7.31. The minimum Gasteiger partial charge on any atom is -0.405 e. The Balaban J connectivity index is 1.53. The van der Waals surface area contributed by atoms with E-state index in [1.165, 1.54) is 24.5 Å². The molecule has 1 amide bonds. The highest BCUT2D eigenvalue weighted by Crippen LogP contribution is 2.29. The number of likely N-dealkylation sites (tertiary alicyclic amines) is 1. The summed E-state index contributed by atoms with van der Waals surface area (Å²) in [6.07, 6.45) is -0.932. The van der Waals surface area contributed by atoms with Crippen molar-refractivity contribution in [3.05, 3.63) is 60.4 Å². The Kier molecular flexibility index (Phi) is 5.92. The average molecular weight is 430 g/mol. The van der Waals surface area contributed by atoms with Crippen LogP contribution in [0.4, 0.5) is 19.0 Å². The van der Waals surface area contributed by atoms with Crippen LogP contribution in [0.5, 0.6) is 5.75 Å². The van der Waals surface area contributed by atoms with Gasteiger partial charge in [0.25, 0.3) is 5.91 Å². The molecule has 1 aromatic heterocycles. The number of ether oxygens (including phenoxy) is 1. The summed E-state index contributed by atoms with van der Waals surface area (Å²) in [6.45, 7) is 0.894. The maximum Gasteiger partial charge on any atom is 0.573 e. The van der Waals surface area contributed by atoms with Crippen molar-refractivity contribution in [1.82, 2.24) is 14.9 Å². The van der Waals surface area contributed by atoms with E-state index in [1.807, 2.05) is 24.3 Å². The third-order valence-electron chi connectivity index (χ3n) is 5.28. The fraction of sp³-hybridized carbons (Fsp3) is 0.318. The second kappa shape index (κ2) is 8.79. The van der Waals surface area contributed by atoms with Crippen LogP contribution in [-0.4, -0.2) is 46.3 Å². The number of carbonyl (C=O) groups is 1. The fourth-order valence-electron chi connectivity index (χ4n) is 3.85. The lowest BCUT2D eigenvalue weighted by atomic mass is 10.00. The first kappa shape index (κ1) is 20.9. The first-order chi connectivity index (χ1) is 14.9. The molecule has 0 saturated carbocycles. The topological polar surface area (TPSA) is 67.3 Å². The predicted octanol–water partition coefficient (Wildman–Crippen LogP) is 4.64. The molecule has 162 valence electrons. The quantitative estimate of drug-likeness (QED) is 0.639. The Bertz CT molecular complexity index is 1070. The monoisotopic (exact) mass is 430 g/mol. The van der Waals surface area contributed by atoms with E-state index in [4.69, 9.17) is 0 Å². The van der Waals surface area contributed by atoms with Gasteiger partial charge < -0.3 is 15.0 Å². The Morgan fingerprint density at radius 3 is 2.71 bits per heavy atom. The number of alkyl halides is 3. The van der Waals surface area contributed by atoms with Crippen LogP contribution in [0.2, 0.25) is 0 Å². The summed E-state index contributed by atoms with van der Waals surface area (Å²) in [4.78, 5) is 23.3. The van der Waals surface area contributed by atoms with Crippen molar-refractivity contribution < 1.29 is 22.7 Å². The molecular formula is C22H21F3N4O2. The summed E-state index contributed by atoms with van der Waals surface area (Å²) in [5.41, 5.74) is 0.703. The first-order valence-electron chi connectivity index (χ1n) is 10.0. The van der Waals surface area contributed by atoms with Crippen LogP contribution in [0.25, 0.3) is 10.9 Å². The van der Waals surface area contributed by atoms with Crippen LogP contribution in [-0.2, 0) is 0 Å². The molecule has 0 spiro atoms. The molecule has 0 radical (unpaired) electrons. The van der Waals surface area contributed by atoms with Crippen LogP contribution in [0.15, 0.2) is 54.9 Å². The molecule has 1 saturated heterocycles. The highest BCUT2D eigenvalue weighted by atomic mass is 19.4. The number of benzene rings is 2. The first-order valence-corrected chi connectivity index (χ1v) is 10.0. The van der Waals surface area contributed by atoms with E-state index >= 15 is 0 Å². The molecule has 1 aliphatic heterocycles. The van der Waals surface area contributed by atoms with Crippen LogP contribution in [0.3, 0.4) is 0 Å². The van der Waals surface area contributed by atoms with Gasteiger partial charge in [-0.25, -0.2) is 9.97 Å². The number of aromatic nitrogens is 2. The van der Waals surface area contributed by atoms with Crippen LogP contribution in [0, 0.1) is 0 Å². The molecule has 6 nitrogen and oxygen atoms in total. The van der Waals surface area contributed by atoms with Gasteiger partial charge in [-0.15, -0.1) is 13.2 Å². The van der Waals surface area contributed by atoms with Gasteiger partial charge in [-0.05, 0) is 43.5 Å². The standard InChI is InChI=1S/C22H21F3N4O2/c23-22(24,25)31-19-11-4-2-9-17(19)21(30)29-12-6-5-7-15(29)13-26-20-16-8-1-3-10-18(16)27-14-28-20/h1-4,8-11,14-15H,5-7,12-13H2,(H,26,27,28). The molecule has 1 N–H and O–H groups in total. The number of piperidine rings is 1. The molecule has 1 fully saturated rings. The van der Waals surface area contributed by atoms with E-state index in [0.29, 0.717) is 18.9 Å². The number of hydrogen-bond donors (Lipinski definition) is 1. The molecule has 9 heteroatoms. The molecular weight excluding hydrogens is 409 g/mol. The number of nitrogens with one attached hydrogen (secondary N) is 1. The minimum atomic E-state index is -4.87. The lowest BCUT2D eigenvalue weighted by Crippen LogP contribution is -2.47. The fourth-order valence-corrected chi connectivity index (χ4v) is 3.85. The number of para-hydroxylation sites is 2. The van der Waals surface area contributed by atoms with Crippen LogP contribution in [0.1, 0.15) is 29.6 Å². The SMILES string of the molecule is O=C(c1ccccc1OC(F)(F)F)N1CCCCC1CNc1ncnc2ccccc12. The van der Waals surface area contributed by atoms with Gasteiger partial charge in [-0.1, -0.05) is 24.3 Å². The maximum atomic E-state index is 13.2. The number of rotatable bonds is 5. The Labute approximate surface area is 177 Å². The van der Waals surface area contributed by atoms with Gasteiger partial charge in [0.15, 0.2) is 0 Å². The number of amides is 1. The van der Waals surface area contributed by atoms with Gasteiger partial charge in [-0.2, -0.15) is 0 Å². The Morgan fingerprint density at radius 2 is 1.87 bits per heavy atom. The van der Waals surface area contributed by atoms with Crippen molar-refractivity contribution in [3.63, 3.8) is 0 Å². The van der Waals surface area contributed by atoms with Gasteiger partial charge in [0.2, 0.25) is 0 Å². The van der Waals surface area contributed by atoms with E-state index in [0.717, 1.165) is 36.2 Å². The average Bonchev–Trinajstić information content (AvgIpc) is 2.77. The highest BCUT2D eigenvalue weighted by molar-refractivity contribution is 5.97. The largest absolute Gasteiger partial charge is 0.573 e. The maximum absolute atomic E-state index is 13.2. The molecule has 3 aromatic rings. The smallest absolute Gasteiger partial charge is 0.405 e. The zero-order valence-corrected chi connectivity index (χ0v) is 16.6. The molecule has 31 heavy (non-hydrogen) atoms. The van der Waals surface area contributed by atoms with E-state index in [9.17, 15) is 18.0 Å². The zero-order chi connectivity index (χ0) is 21.8. The summed E-state index contributed by atoms with van der Waals surface area (Å²) < 4.78 is 42.4. The third-order valence-corrected chi connectivity index (χ3v) is 5.28. The van der Waals surface area contributed by atoms with Gasteiger partial charge in [0.05, 0.1) is 11.1 Å². The highest BCUT2D eigenvalue weighted by Gasteiger charge is 2.35. The van der Waals surface area contributed by atoms with Gasteiger partial charge in [-0.3, -0.25) is 4.79 Å². The van der Waals surface area contributed by atoms with Crippen LogP contribution >= 0.6 is 0 Å². The Hall–Kier alpha value is -3.36. The van der Waals surface area contributed by atoms with E-state index in [1.54, 1.807) is 4.90 Å². The van der Waals surface area contributed by atoms with Crippen molar-refractivity contribution in [1.29, 1.82) is 0 Å². The normalized spacial score (nSPS) is 16.9. The lowest BCUT2D eigenvalue weighted by molar-refractivity contribution is -0.274. The molecule has 2 heterocycles. The van der Waals surface area contributed by atoms with E-state index < -0.39 is 18.0 Å². The molecule has 1 aliphatic rings. The number of carbonyl (C=O) groups excluding carboxylic acids is 1. The molecule has 0 aliphatic carbocycles.